The summed E-state index contributed by atoms with van der Waals surface area (Å²) >= 11 is 0. The van der Waals surface area contributed by atoms with Crippen LogP contribution in [0.4, 0.5) is 11.4 Å². The average molecular weight is 372 g/mol. The van der Waals surface area contributed by atoms with E-state index in [0.29, 0.717) is 11.1 Å². The molecule has 0 bridgehead atoms. The molecule has 0 aliphatic heterocycles. The predicted octanol–water partition coefficient (Wildman–Crippen LogP) is 5.84. The summed E-state index contributed by atoms with van der Waals surface area (Å²) in [5.41, 5.74) is 1.72. The van der Waals surface area contributed by atoms with Gasteiger partial charge < -0.3 is 0 Å². The highest BCUT2D eigenvalue weighted by molar-refractivity contribution is 5.81. The molecule has 0 aromatic heterocycles. The van der Waals surface area contributed by atoms with E-state index in [1.54, 1.807) is 24.3 Å². The summed E-state index contributed by atoms with van der Waals surface area (Å²) in [5.74, 6) is 0. The minimum Gasteiger partial charge on any atom is -0.258 e. The van der Waals surface area contributed by atoms with Crippen molar-refractivity contribution in [1.29, 1.82) is 0 Å². The second-order valence-corrected chi connectivity index (χ2v) is 5.97. The lowest BCUT2D eigenvalue weighted by Crippen LogP contribution is -1.98. The summed E-state index contributed by atoms with van der Waals surface area (Å²) in [4.78, 5) is 21.6. The molecular formula is C22H16N2O4. The Morgan fingerprint density at radius 1 is 0.571 bits per heavy atom. The molecule has 28 heavy (non-hydrogen) atoms. The van der Waals surface area contributed by atoms with Crippen LogP contribution in [0.1, 0.15) is 22.3 Å². The van der Waals surface area contributed by atoms with Crippen LogP contribution in [0.2, 0.25) is 0 Å². The molecule has 0 amide bonds. The van der Waals surface area contributed by atoms with Crippen LogP contribution in [0.5, 0.6) is 0 Å². The molecule has 138 valence electrons. The Labute approximate surface area is 161 Å². The molecule has 0 aliphatic rings. The zero-order valence-electron chi connectivity index (χ0n) is 14.8. The van der Waals surface area contributed by atoms with Crippen LogP contribution >= 0.6 is 0 Å². The van der Waals surface area contributed by atoms with Crippen molar-refractivity contribution < 1.29 is 9.85 Å². The zero-order chi connectivity index (χ0) is 19.9. The van der Waals surface area contributed by atoms with E-state index in [0.717, 1.165) is 17.2 Å². The Kier molecular flexibility index (Phi) is 5.72. The highest BCUT2D eigenvalue weighted by Crippen LogP contribution is 2.31. The van der Waals surface area contributed by atoms with E-state index < -0.39 is 9.85 Å². The average Bonchev–Trinajstić information content (AvgIpc) is 2.71. The maximum atomic E-state index is 11.4. The fourth-order valence-electron chi connectivity index (χ4n) is 2.70. The Bertz CT molecular complexity index is 976. The van der Waals surface area contributed by atoms with Gasteiger partial charge in [0.1, 0.15) is 0 Å². The summed E-state index contributed by atoms with van der Waals surface area (Å²) in [5, 5.41) is 22.9. The van der Waals surface area contributed by atoms with E-state index in [1.807, 2.05) is 60.7 Å². The fourth-order valence-corrected chi connectivity index (χ4v) is 2.70. The van der Waals surface area contributed by atoms with E-state index in [-0.39, 0.29) is 11.4 Å². The Morgan fingerprint density at radius 2 is 0.964 bits per heavy atom. The highest BCUT2D eigenvalue weighted by atomic mass is 16.6. The van der Waals surface area contributed by atoms with Crippen molar-refractivity contribution in [2.45, 2.75) is 0 Å². The van der Waals surface area contributed by atoms with Crippen molar-refractivity contribution in [2.24, 2.45) is 0 Å². The first-order valence-electron chi connectivity index (χ1n) is 8.47. The van der Waals surface area contributed by atoms with Crippen molar-refractivity contribution in [2.75, 3.05) is 0 Å². The molecule has 3 aromatic rings. The molecule has 0 unspecified atom stereocenters. The first-order valence-corrected chi connectivity index (χ1v) is 8.47. The fraction of sp³-hybridized carbons (Fsp3) is 0. The van der Waals surface area contributed by atoms with Crippen molar-refractivity contribution >= 4 is 35.7 Å². The van der Waals surface area contributed by atoms with Gasteiger partial charge in [-0.15, -0.1) is 0 Å². The number of rotatable bonds is 6. The Hall–Kier alpha value is -4.06. The first-order chi connectivity index (χ1) is 13.5. The van der Waals surface area contributed by atoms with Crippen LogP contribution in [0, 0.1) is 20.2 Å². The highest BCUT2D eigenvalue weighted by Gasteiger charge is 2.22. The Morgan fingerprint density at radius 3 is 1.32 bits per heavy atom. The third-order valence-corrected chi connectivity index (χ3v) is 4.08. The monoisotopic (exact) mass is 372 g/mol. The molecule has 0 N–H and O–H groups in total. The molecule has 3 aromatic carbocycles. The molecule has 0 heterocycles. The van der Waals surface area contributed by atoms with Gasteiger partial charge in [-0.25, -0.2) is 0 Å². The summed E-state index contributed by atoms with van der Waals surface area (Å²) in [6.07, 6.45) is 6.66. The van der Waals surface area contributed by atoms with Crippen LogP contribution in [0.25, 0.3) is 24.3 Å². The maximum Gasteiger partial charge on any atom is 0.283 e. The lowest BCUT2D eigenvalue weighted by atomic mass is 10.0. The third-order valence-electron chi connectivity index (χ3n) is 4.08. The van der Waals surface area contributed by atoms with Crippen molar-refractivity contribution in [3.63, 3.8) is 0 Å². The van der Waals surface area contributed by atoms with E-state index in [1.165, 1.54) is 6.07 Å². The summed E-state index contributed by atoms with van der Waals surface area (Å²) in [6, 6.07) is 21.1. The number of hydrogen-bond acceptors (Lipinski definition) is 4. The van der Waals surface area contributed by atoms with Gasteiger partial charge in [-0.3, -0.25) is 20.2 Å². The van der Waals surface area contributed by atoms with Gasteiger partial charge in [-0.05, 0) is 29.3 Å². The summed E-state index contributed by atoms with van der Waals surface area (Å²) < 4.78 is 0. The van der Waals surface area contributed by atoms with E-state index >= 15 is 0 Å². The van der Waals surface area contributed by atoms with Crippen LogP contribution in [0.3, 0.4) is 0 Å². The molecule has 0 saturated carbocycles. The summed E-state index contributed by atoms with van der Waals surface area (Å²) in [6.45, 7) is 0. The van der Waals surface area contributed by atoms with E-state index in [4.69, 9.17) is 0 Å². The van der Waals surface area contributed by atoms with Crippen molar-refractivity contribution in [1.82, 2.24) is 0 Å². The summed E-state index contributed by atoms with van der Waals surface area (Å²) in [7, 11) is 0. The van der Waals surface area contributed by atoms with Gasteiger partial charge in [0.25, 0.3) is 11.4 Å². The smallest absolute Gasteiger partial charge is 0.258 e. The van der Waals surface area contributed by atoms with E-state index in [2.05, 4.69) is 0 Å². The molecule has 0 atom stereocenters. The normalized spacial score (nSPS) is 11.1. The standard InChI is InChI=1S/C22H16N2O4/c25-23(26)21-16-22(24(27)28)20(14-12-18-9-5-2-6-10-18)15-19(21)13-11-17-7-3-1-4-8-17/h1-16H/b13-11-,14-12-. The second kappa shape index (κ2) is 8.55. The van der Waals surface area contributed by atoms with Gasteiger partial charge in [0.15, 0.2) is 0 Å². The number of nitro benzene ring substituents is 2. The lowest BCUT2D eigenvalue weighted by Gasteiger charge is -2.03. The SMILES string of the molecule is O=[N+]([O-])c1cc([N+](=O)[O-])c(/C=C\c2ccccc2)cc1/C=C\c1ccccc1. The topological polar surface area (TPSA) is 86.3 Å². The minimum absolute atomic E-state index is 0.298. The van der Waals surface area contributed by atoms with Crippen molar-refractivity contribution in [3.8, 4) is 0 Å². The van der Waals surface area contributed by atoms with Gasteiger partial charge in [0, 0.05) is 0 Å². The molecule has 0 aliphatic carbocycles. The quantitative estimate of drug-likeness (QED) is 0.309. The molecule has 3 rings (SSSR count). The Balaban J connectivity index is 2.07. The lowest BCUT2D eigenvalue weighted by molar-refractivity contribution is -0.394. The maximum absolute atomic E-state index is 11.4. The molecule has 6 heteroatoms. The molecule has 0 fully saturated rings. The third kappa shape index (κ3) is 4.56. The van der Waals surface area contributed by atoms with Gasteiger partial charge in [0.05, 0.1) is 27.0 Å². The van der Waals surface area contributed by atoms with Crippen molar-refractivity contribution in [3.05, 3.63) is 115 Å². The molecule has 0 spiro atoms. The zero-order valence-corrected chi connectivity index (χ0v) is 14.8. The van der Waals surface area contributed by atoms with Crippen LogP contribution < -0.4 is 0 Å². The van der Waals surface area contributed by atoms with E-state index in [9.17, 15) is 20.2 Å². The van der Waals surface area contributed by atoms with Gasteiger partial charge in [-0.1, -0.05) is 72.8 Å². The molecular weight excluding hydrogens is 356 g/mol. The van der Waals surface area contributed by atoms with Crippen LogP contribution in [-0.2, 0) is 0 Å². The largest absolute Gasteiger partial charge is 0.283 e. The molecule has 0 radical (unpaired) electrons. The molecule has 6 nitrogen and oxygen atoms in total. The van der Waals surface area contributed by atoms with Gasteiger partial charge in [0.2, 0.25) is 0 Å². The number of nitrogens with zero attached hydrogens (tertiary/aromatic N) is 2. The first kappa shape index (κ1) is 18.7. The number of benzene rings is 3. The van der Waals surface area contributed by atoms with Gasteiger partial charge in [-0.2, -0.15) is 0 Å². The minimum atomic E-state index is -0.609. The predicted molar refractivity (Wildman–Crippen MR) is 110 cm³/mol. The number of hydrogen-bond donors (Lipinski definition) is 0. The molecule has 0 saturated heterocycles. The van der Waals surface area contributed by atoms with Gasteiger partial charge >= 0.3 is 0 Å². The number of nitro groups is 2. The van der Waals surface area contributed by atoms with Crippen LogP contribution in [-0.4, -0.2) is 9.85 Å². The second-order valence-electron chi connectivity index (χ2n) is 5.97. The van der Waals surface area contributed by atoms with Crippen LogP contribution in [0.15, 0.2) is 72.8 Å².